The quantitative estimate of drug-likeness (QED) is 0.794. The number of carbonyl (C=O) groups is 1. The third-order valence-corrected chi connectivity index (χ3v) is 5.18. The van der Waals surface area contributed by atoms with Crippen LogP contribution in [0.4, 0.5) is 5.69 Å². The number of carbonyl (C=O) groups excluding carboxylic acids is 1. The molecule has 3 nitrogen and oxygen atoms in total. The van der Waals surface area contributed by atoms with Gasteiger partial charge >= 0.3 is 0 Å². The zero-order valence-electron chi connectivity index (χ0n) is 11.8. The van der Waals surface area contributed by atoms with Gasteiger partial charge in [0.2, 0.25) is 5.91 Å². The van der Waals surface area contributed by atoms with Crippen LogP contribution >= 0.6 is 35.0 Å². The van der Waals surface area contributed by atoms with Gasteiger partial charge in [0.25, 0.3) is 0 Å². The first-order valence-electron chi connectivity index (χ1n) is 6.63. The van der Waals surface area contributed by atoms with Gasteiger partial charge in [-0.3, -0.25) is 9.69 Å². The van der Waals surface area contributed by atoms with Crippen molar-refractivity contribution in [2.24, 2.45) is 0 Å². The Morgan fingerprint density at radius 2 is 2.05 bits per heavy atom. The molecule has 0 saturated carbocycles. The maximum Gasteiger partial charge on any atom is 0.238 e. The third kappa shape index (κ3) is 2.91. The predicted molar refractivity (Wildman–Crippen MR) is 92.1 cm³/mol. The molecule has 1 heterocycles. The van der Waals surface area contributed by atoms with Crippen LogP contribution in [-0.4, -0.2) is 18.8 Å². The number of hydrogen-bond donors (Lipinski definition) is 0. The number of methoxy groups -OCH3 is 1. The summed E-state index contributed by atoms with van der Waals surface area (Å²) in [7, 11) is 1.60. The molecule has 0 N–H and O–H groups in total. The van der Waals surface area contributed by atoms with Crippen molar-refractivity contribution in [2.75, 3.05) is 17.8 Å². The van der Waals surface area contributed by atoms with E-state index in [0.29, 0.717) is 21.5 Å². The Kier molecular flexibility index (Phi) is 4.52. The maximum absolute atomic E-state index is 12.3. The lowest BCUT2D eigenvalue weighted by Crippen LogP contribution is -2.27. The SMILES string of the molecule is COc1cccc(N2C(=O)CS[C@@H]2c2ccc(Cl)cc2Cl)c1. The summed E-state index contributed by atoms with van der Waals surface area (Å²) in [5.41, 5.74) is 1.68. The van der Waals surface area contributed by atoms with Gasteiger partial charge < -0.3 is 4.74 Å². The van der Waals surface area contributed by atoms with E-state index in [1.807, 2.05) is 30.3 Å². The van der Waals surface area contributed by atoms with E-state index in [1.54, 1.807) is 35.9 Å². The molecule has 6 heteroatoms. The highest BCUT2D eigenvalue weighted by Gasteiger charge is 2.35. The number of nitrogens with zero attached hydrogens (tertiary/aromatic N) is 1. The molecule has 114 valence electrons. The largest absolute Gasteiger partial charge is 0.497 e. The van der Waals surface area contributed by atoms with E-state index in [1.165, 1.54) is 0 Å². The van der Waals surface area contributed by atoms with Crippen LogP contribution in [0, 0.1) is 0 Å². The van der Waals surface area contributed by atoms with E-state index in [2.05, 4.69) is 0 Å². The Bertz CT molecular complexity index is 723. The van der Waals surface area contributed by atoms with Gasteiger partial charge in [-0.1, -0.05) is 35.3 Å². The summed E-state index contributed by atoms with van der Waals surface area (Å²) in [5.74, 6) is 1.18. The standard InChI is InChI=1S/C16H13Cl2NO2S/c1-21-12-4-2-3-11(8-12)19-15(20)9-22-16(19)13-6-5-10(17)7-14(13)18/h2-8,16H,9H2,1H3/t16-/m1/s1. The molecular weight excluding hydrogens is 341 g/mol. The fourth-order valence-corrected chi connectivity index (χ4v) is 4.18. The van der Waals surface area contributed by atoms with Crippen molar-refractivity contribution in [3.63, 3.8) is 0 Å². The summed E-state index contributed by atoms with van der Waals surface area (Å²) >= 11 is 13.8. The van der Waals surface area contributed by atoms with Crippen LogP contribution in [0.15, 0.2) is 42.5 Å². The number of anilines is 1. The first-order valence-corrected chi connectivity index (χ1v) is 8.43. The van der Waals surface area contributed by atoms with E-state index < -0.39 is 0 Å². The minimum Gasteiger partial charge on any atom is -0.497 e. The lowest BCUT2D eigenvalue weighted by molar-refractivity contribution is -0.115. The van der Waals surface area contributed by atoms with Crippen molar-refractivity contribution in [1.29, 1.82) is 0 Å². The van der Waals surface area contributed by atoms with Gasteiger partial charge in [0.15, 0.2) is 0 Å². The molecule has 1 saturated heterocycles. The number of hydrogen-bond acceptors (Lipinski definition) is 3. The van der Waals surface area contributed by atoms with Crippen LogP contribution in [0.3, 0.4) is 0 Å². The second-order valence-corrected chi connectivity index (χ2v) is 6.71. The molecule has 0 unspecified atom stereocenters. The first-order chi connectivity index (χ1) is 10.6. The summed E-state index contributed by atoms with van der Waals surface area (Å²) in [6, 6.07) is 12.8. The van der Waals surface area contributed by atoms with Gasteiger partial charge in [0.05, 0.1) is 12.9 Å². The number of ether oxygens (including phenoxy) is 1. The zero-order valence-corrected chi connectivity index (χ0v) is 14.1. The maximum atomic E-state index is 12.3. The minimum atomic E-state index is -0.163. The minimum absolute atomic E-state index is 0.0502. The molecule has 2 aromatic rings. The highest BCUT2D eigenvalue weighted by atomic mass is 35.5. The summed E-state index contributed by atoms with van der Waals surface area (Å²) in [4.78, 5) is 14.1. The molecule has 0 aromatic heterocycles. The van der Waals surface area contributed by atoms with Crippen LogP contribution in [0.5, 0.6) is 5.75 Å². The molecule has 1 aliphatic heterocycles. The van der Waals surface area contributed by atoms with Gasteiger partial charge in [-0.2, -0.15) is 0 Å². The fourth-order valence-electron chi connectivity index (χ4n) is 2.40. The van der Waals surface area contributed by atoms with E-state index in [0.717, 1.165) is 11.3 Å². The van der Waals surface area contributed by atoms with E-state index >= 15 is 0 Å². The Morgan fingerprint density at radius 3 is 2.77 bits per heavy atom. The average Bonchev–Trinajstić information content (AvgIpc) is 2.89. The van der Waals surface area contributed by atoms with Crippen LogP contribution < -0.4 is 9.64 Å². The van der Waals surface area contributed by atoms with E-state index in [9.17, 15) is 4.79 Å². The molecule has 0 spiro atoms. The fraction of sp³-hybridized carbons (Fsp3) is 0.188. The molecular formula is C16H13Cl2NO2S. The van der Waals surface area contributed by atoms with Crippen LogP contribution in [0.1, 0.15) is 10.9 Å². The normalized spacial score (nSPS) is 17.9. The van der Waals surface area contributed by atoms with Crippen molar-refractivity contribution >= 4 is 46.6 Å². The number of amides is 1. The van der Waals surface area contributed by atoms with Crippen molar-refractivity contribution in [1.82, 2.24) is 0 Å². The smallest absolute Gasteiger partial charge is 0.238 e. The van der Waals surface area contributed by atoms with Gasteiger partial charge in [-0.15, -0.1) is 11.8 Å². The summed E-state index contributed by atoms with van der Waals surface area (Å²) in [5, 5.41) is 0.980. The number of thioether (sulfide) groups is 1. The van der Waals surface area contributed by atoms with E-state index in [-0.39, 0.29) is 11.3 Å². The number of rotatable bonds is 3. The van der Waals surface area contributed by atoms with Crippen molar-refractivity contribution in [3.05, 3.63) is 58.1 Å². The third-order valence-electron chi connectivity index (χ3n) is 3.43. The summed E-state index contributed by atoms with van der Waals surface area (Å²) in [6.45, 7) is 0. The first kappa shape index (κ1) is 15.5. The number of benzene rings is 2. The van der Waals surface area contributed by atoms with Gasteiger partial charge in [-0.25, -0.2) is 0 Å². The average molecular weight is 354 g/mol. The molecule has 1 fully saturated rings. The topological polar surface area (TPSA) is 29.5 Å². The lowest BCUT2D eigenvalue weighted by Gasteiger charge is -2.25. The molecule has 0 aliphatic carbocycles. The lowest BCUT2D eigenvalue weighted by atomic mass is 10.2. The molecule has 0 bridgehead atoms. The molecule has 22 heavy (non-hydrogen) atoms. The molecule has 2 aromatic carbocycles. The highest BCUT2D eigenvalue weighted by Crippen LogP contribution is 2.44. The summed E-state index contributed by atoms with van der Waals surface area (Å²) < 4.78 is 5.24. The van der Waals surface area contributed by atoms with E-state index in [4.69, 9.17) is 27.9 Å². The van der Waals surface area contributed by atoms with Crippen molar-refractivity contribution in [3.8, 4) is 5.75 Å². The van der Waals surface area contributed by atoms with Crippen LogP contribution in [0.25, 0.3) is 0 Å². The van der Waals surface area contributed by atoms with Crippen molar-refractivity contribution < 1.29 is 9.53 Å². The predicted octanol–water partition coefficient (Wildman–Crippen LogP) is 4.78. The number of halogens is 2. The Morgan fingerprint density at radius 1 is 1.23 bits per heavy atom. The van der Waals surface area contributed by atoms with Gasteiger partial charge in [-0.05, 0) is 24.3 Å². The molecule has 1 atom stereocenters. The Balaban J connectivity index is 2.02. The molecule has 0 radical (unpaired) electrons. The monoisotopic (exact) mass is 353 g/mol. The van der Waals surface area contributed by atoms with Gasteiger partial charge in [0.1, 0.15) is 11.1 Å². The highest BCUT2D eigenvalue weighted by molar-refractivity contribution is 8.00. The molecule has 3 rings (SSSR count). The molecule has 1 amide bonds. The Hall–Kier alpha value is -1.36. The van der Waals surface area contributed by atoms with Crippen molar-refractivity contribution in [2.45, 2.75) is 5.37 Å². The van der Waals surface area contributed by atoms with Crippen LogP contribution in [-0.2, 0) is 4.79 Å². The summed E-state index contributed by atoms with van der Waals surface area (Å²) in [6.07, 6.45) is 0. The second kappa shape index (κ2) is 6.41. The zero-order chi connectivity index (χ0) is 15.7. The Labute approximate surface area is 143 Å². The van der Waals surface area contributed by atoms with Crippen LogP contribution in [0.2, 0.25) is 10.0 Å². The second-order valence-electron chi connectivity index (χ2n) is 4.79. The van der Waals surface area contributed by atoms with Gasteiger partial charge in [0, 0.05) is 27.4 Å². The molecule has 1 aliphatic rings.